The Labute approximate surface area is 107 Å². The van der Waals surface area contributed by atoms with Gasteiger partial charge in [-0.1, -0.05) is 11.6 Å². The number of halogens is 3. The Bertz CT molecular complexity index is 359. The van der Waals surface area contributed by atoms with Gasteiger partial charge >= 0.3 is 0 Å². The average Bonchev–Trinajstić information content (AvgIpc) is 2.68. The molecule has 0 spiro atoms. The number of hydrogen-bond donors (Lipinski definition) is 1. The van der Waals surface area contributed by atoms with Crippen molar-refractivity contribution >= 4 is 33.2 Å². The van der Waals surface area contributed by atoms with Crippen LogP contribution in [0.3, 0.4) is 0 Å². The molecular weight excluding hydrogens is 296 g/mol. The zero-order valence-electron chi connectivity index (χ0n) is 8.60. The summed E-state index contributed by atoms with van der Waals surface area (Å²) in [5.74, 6) is -0.348. The van der Waals surface area contributed by atoms with E-state index in [0.29, 0.717) is 16.0 Å². The molecule has 2 rings (SSSR count). The Morgan fingerprint density at radius 1 is 1.56 bits per heavy atom. The molecule has 0 radical (unpaired) electrons. The molecule has 88 valence electrons. The van der Waals surface area contributed by atoms with Crippen molar-refractivity contribution in [3.05, 3.63) is 27.4 Å². The van der Waals surface area contributed by atoms with Gasteiger partial charge in [0.2, 0.25) is 0 Å². The molecular formula is C11H12BrClFNO. The van der Waals surface area contributed by atoms with Gasteiger partial charge in [-0.05, 0) is 40.9 Å². The largest absolute Gasteiger partial charge is 0.380 e. The Kier molecular flexibility index (Phi) is 4.05. The lowest BCUT2D eigenvalue weighted by atomic mass is 10.2. The van der Waals surface area contributed by atoms with Crippen molar-refractivity contribution in [2.45, 2.75) is 18.9 Å². The lowest BCUT2D eigenvalue weighted by Crippen LogP contribution is -2.18. The summed E-state index contributed by atoms with van der Waals surface area (Å²) in [6, 6.07) is 2.69. The van der Waals surface area contributed by atoms with Gasteiger partial charge in [0.25, 0.3) is 0 Å². The third kappa shape index (κ3) is 2.87. The van der Waals surface area contributed by atoms with Crippen molar-refractivity contribution in [3.8, 4) is 0 Å². The summed E-state index contributed by atoms with van der Waals surface area (Å²) in [7, 11) is 0. The minimum Gasteiger partial charge on any atom is -0.380 e. The summed E-state index contributed by atoms with van der Waals surface area (Å²) in [6.07, 6.45) is 2.39. The first-order chi connectivity index (χ1) is 7.66. The van der Waals surface area contributed by atoms with Crippen molar-refractivity contribution in [2.75, 3.05) is 18.5 Å². The van der Waals surface area contributed by atoms with E-state index in [1.165, 1.54) is 12.1 Å². The molecule has 1 atom stereocenters. The van der Waals surface area contributed by atoms with Crippen LogP contribution in [-0.4, -0.2) is 19.3 Å². The van der Waals surface area contributed by atoms with Crippen LogP contribution in [0.1, 0.15) is 12.8 Å². The SMILES string of the molecule is Fc1cc(Cl)c(NCC2CCCO2)c(Br)c1. The molecule has 2 nitrogen and oxygen atoms in total. The zero-order chi connectivity index (χ0) is 11.5. The molecule has 0 aliphatic carbocycles. The Morgan fingerprint density at radius 2 is 2.38 bits per heavy atom. The predicted molar refractivity (Wildman–Crippen MR) is 66.6 cm³/mol. The van der Waals surface area contributed by atoms with E-state index in [-0.39, 0.29) is 11.9 Å². The van der Waals surface area contributed by atoms with Gasteiger partial charge in [0, 0.05) is 17.6 Å². The number of rotatable bonds is 3. The van der Waals surface area contributed by atoms with E-state index in [1.54, 1.807) is 0 Å². The third-order valence-corrected chi connectivity index (χ3v) is 3.46. The molecule has 0 aromatic heterocycles. The number of hydrogen-bond acceptors (Lipinski definition) is 2. The van der Waals surface area contributed by atoms with Crippen molar-refractivity contribution in [1.82, 2.24) is 0 Å². The highest BCUT2D eigenvalue weighted by Crippen LogP contribution is 2.31. The molecule has 1 unspecified atom stereocenters. The molecule has 1 saturated heterocycles. The van der Waals surface area contributed by atoms with Crippen LogP contribution in [0.2, 0.25) is 5.02 Å². The average molecular weight is 309 g/mol. The van der Waals surface area contributed by atoms with Crippen molar-refractivity contribution in [1.29, 1.82) is 0 Å². The van der Waals surface area contributed by atoms with Gasteiger partial charge in [-0.25, -0.2) is 4.39 Å². The van der Waals surface area contributed by atoms with Crippen LogP contribution in [0.15, 0.2) is 16.6 Å². The molecule has 0 saturated carbocycles. The summed E-state index contributed by atoms with van der Waals surface area (Å²) < 4.78 is 19.1. The Morgan fingerprint density at radius 3 is 3.00 bits per heavy atom. The number of nitrogens with one attached hydrogen (secondary N) is 1. The van der Waals surface area contributed by atoms with Crippen molar-refractivity contribution in [2.24, 2.45) is 0 Å². The fraction of sp³-hybridized carbons (Fsp3) is 0.455. The van der Waals surface area contributed by atoms with Gasteiger partial charge in [-0.3, -0.25) is 0 Å². The van der Waals surface area contributed by atoms with E-state index >= 15 is 0 Å². The molecule has 1 aliphatic rings. The molecule has 1 aliphatic heterocycles. The predicted octanol–water partition coefficient (Wildman–Crippen LogP) is 3.83. The fourth-order valence-electron chi connectivity index (χ4n) is 1.73. The van der Waals surface area contributed by atoms with Gasteiger partial charge in [0.1, 0.15) is 5.82 Å². The first-order valence-corrected chi connectivity index (χ1v) is 6.34. The summed E-state index contributed by atoms with van der Waals surface area (Å²) in [6.45, 7) is 1.52. The Hall–Kier alpha value is -0.320. The van der Waals surface area contributed by atoms with E-state index in [2.05, 4.69) is 21.2 Å². The van der Waals surface area contributed by atoms with Crippen LogP contribution in [0, 0.1) is 5.82 Å². The first-order valence-electron chi connectivity index (χ1n) is 5.17. The van der Waals surface area contributed by atoms with Crippen LogP contribution < -0.4 is 5.32 Å². The van der Waals surface area contributed by atoms with Crippen LogP contribution in [0.25, 0.3) is 0 Å². The molecule has 1 N–H and O–H groups in total. The molecule has 1 aromatic carbocycles. The maximum Gasteiger partial charge on any atom is 0.125 e. The number of anilines is 1. The van der Waals surface area contributed by atoms with Gasteiger partial charge < -0.3 is 10.1 Å². The lowest BCUT2D eigenvalue weighted by Gasteiger charge is -2.14. The highest BCUT2D eigenvalue weighted by molar-refractivity contribution is 9.10. The number of ether oxygens (including phenoxy) is 1. The fourth-order valence-corrected chi connectivity index (χ4v) is 2.69. The smallest absolute Gasteiger partial charge is 0.125 e. The monoisotopic (exact) mass is 307 g/mol. The molecule has 1 fully saturated rings. The van der Waals surface area contributed by atoms with Crippen molar-refractivity contribution < 1.29 is 9.13 Å². The highest BCUT2D eigenvalue weighted by Gasteiger charge is 2.16. The second-order valence-corrected chi connectivity index (χ2v) is 5.02. The minimum atomic E-state index is -0.348. The summed E-state index contributed by atoms with van der Waals surface area (Å²) >= 11 is 9.23. The molecule has 16 heavy (non-hydrogen) atoms. The molecule has 0 amide bonds. The van der Waals surface area contributed by atoms with E-state index in [0.717, 1.165) is 25.1 Å². The molecule has 0 bridgehead atoms. The lowest BCUT2D eigenvalue weighted by molar-refractivity contribution is 0.120. The quantitative estimate of drug-likeness (QED) is 0.916. The number of benzene rings is 1. The van der Waals surface area contributed by atoms with Crippen LogP contribution >= 0.6 is 27.5 Å². The van der Waals surface area contributed by atoms with Crippen LogP contribution in [0.4, 0.5) is 10.1 Å². The third-order valence-electron chi connectivity index (χ3n) is 2.54. The normalized spacial score (nSPS) is 20.1. The van der Waals surface area contributed by atoms with Gasteiger partial charge in [0.05, 0.1) is 16.8 Å². The van der Waals surface area contributed by atoms with Gasteiger partial charge in [-0.15, -0.1) is 0 Å². The van der Waals surface area contributed by atoms with Crippen molar-refractivity contribution in [3.63, 3.8) is 0 Å². The van der Waals surface area contributed by atoms with E-state index in [4.69, 9.17) is 16.3 Å². The Balaban J connectivity index is 2.03. The standard InChI is InChI=1S/C11H12BrClFNO/c12-9-4-7(14)5-10(13)11(9)15-6-8-2-1-3-16-8/h4-5,8,15H,1-3,6H2. The molecule has 1 aromatic rings. The second-order valence-electron chi connectivity index (χ2n) is 3.76. The topological polar surface area (TPSA) is 21.3 Å². The molecule has 5 heteroatoms. The molecule has 1 heterocycles. The second kappa shape index (κ2) is 5.34. The zero-order valence-corrected chi connectivity index (χ0v) is 10.9. The highest BCUT2D eigenvalue weighted by atomic mass is 79.9. The van der Waals surface area contributed by atoms with Gasteiger partial charge in [-0.2, -0.15) is 0 Å². The van der Waals surface area contributed by atoms with E-state index in [1.807, 2.05) is 0 Å². The maximum atomic E-state index is 13.0. The van der Waals surface area contributed by atoms with E-state index in [9.17, 15) is 4.39 Å². The maximum absolute atomic E-state index is 13.0. The van der Waals surface area contributed by atoms with Crippen LogP contribution in [-0.2, 0) is 4.74 Å². The first kappa shape index (κ1) is 12.1. The minimum absolute atomic E-state index is 0.230. The van der Waals surface area contributed by atoms with Gasteiger partial charge in [0.15, 0.2) is 0 Å². The summed E-state index contributed by atoms with van der Waals surface area (Å²) in [5.41, 5.74) is 0.721. The summed E-state index contributed by atoms with van der Waals surface area (Å²) in [5, 5.41) is 3.56. The van der Waals surface area contributed by atoms with E-state index < -0.39 is 0 Å². The van der Waals surface area contributed by atoms with Crippen LogP contribution in [0.5, 0.6) is 0 Å². The summed E-state index contributed by atoms with van der Waals surface area (Å²) in [4.78, 5) is 0.